The van der Waals surface area contributed by atoms with Gasteiger partial charge in [0, 0.05) is 70.4 Å². The van der Waals surface area contributed by atoms with E-state index in [1.54, 1.807) is 59.9 Å². The summed E-state index contributed by atoms with van der Waals surface area (Å²) in [4.78, 5) is 18.7. The van der Waals surface area contributed by atoms with Gasteiger partial charge in [0.2, 0.25) is 10.0 Å². The number of cyclic esters (lactones) is 1. The van der Waals surface area contributed by atoms with Crippen molar-refractivity contribution in [2.75, 3.05) is 48.1 Å². The number of aliphatic hydroxyl groups excluding tert-OH is 3. The largest absolute Gasteiger partial charge is 0.459 e. The van der Waals surface area contributed by atoms with E-state index < -0.39 is 137 Å². The minimum Gasteiger partial charge on any atom is -0.459 e. The van der Waals surface area contributed by atoms with Gasteiger partial charge >= 0.3 is 5.97 Å². The zero-order valence-electron chi connectivity index (χ0n) is 47.3. The standard InChI is InChI=1S/C54H91FN6O14S/c1-15-43-54(10,67)47(63)34(6)60(12)28-30(2)25-52(8,66)49(32(4)44(33(5)50(65)74-43)42-26-53(9,71-14)48(64)35(7)73-42)75-51-45(62)40(24-31(3)72-51)59(11)23-22-38-29-61(58-56-38)41(27-55)46(70-13)36-16-20-39(21-17-36)76(68,69)57-37-18-19-37/h16-17,20-21,29-35,37,40-49,51,57,62-64,66-67H,15,18-19,22-28H2,1-14H3/t30-,31-,32+,33-,34-,35+,40+,41-,42?,43-,44+,45-,46-,47-,48+,49-,51+,52-,53-,54-/m1/s1. The molecule has 1 aliphatic carbocycles. The quantitative estimate of drug-likeness (QED) is 0.123. The smallest absolute Gasteiger partial charge is 0.309 e. The fourth-order valence-corrected chi connectivity index (χ4v) is 13.7. The molecule has 0 amide bonds. The molecule has 1 aromatic carbocycles. The molecule has 0 radical (unpaired) electrons. The number of aromatic nitrogens is 3. The molecule has 3 aliphatic heterocycles. The lowest BCUT2D eigenvalue weighted by Gasteiger charge is -2.51. The number of nitrogens with zero attached hydrogens (tertiary/aromatic N) is 5. The molecule has 4 aliphatic rings. The number of rotatable bonds is 17. The van der Waals surface area contributed by atoms with Crippen LogP contribution in [0.2, 0.25) is 0 Å². The normalized spacial score (nSPS) is 39.8. The highest BCUT2D eigenvalue weighted by Crippen LogP contribution is 2.45. The van der Waals surface area contributed by atoms with Crippen molar-refractivity contribution in [3.8, 4) is 0 Å². The number of hydrogen-bond acceptors (Lipinski definition) is 18. The molecular weight excluding hydrogens is 1010 g/mol. The van der Waals surface area contributed by atoms with Gasteiger partial charge in [-0.05, 0) is 117 Å². The Bertz CT molecular complexity index is 2290. The third kappa shape index (κ3) is 14.0. The van der Waals surface area contributed by atoms with E-state index in [1.807, 2.05) is 44.7 Å². The van der Waals surface area contributed by atoms with Crippen molar-refractivity contribution in [1.29, 1.82) is 0 Å². The summed E-state index contributed by atoms with van der Waals surface area (Å²) >= 11 is 0. The molecule has 6 N–H and O–H groups in total. The fraction of sp³-hybridized carbons (Fsp3) is 0.833. The highest BCUT2D eigenvalue weighted by atomic mass is 32.2. The van der Waals surface area contributed by atoms with Crippen molar-refractivity contribution >= 4 is 16.0 Å². The number of sulfonamides is 1. The molecule has 434 valence electrons. The lowest BCUT2D eigenvalue weighted by atomic mass is 9.68. The van der Waals surface area contributed by atoms with Crippen LogP contribution in [0.5, 0.6) is 0 Å². The van der Waals surface area contributed by atoms with Crippen LogP contribution in [0.1, 0.15) is 131 Å². The Labute approximate surface area is 450 Å². The first-order chi connectivity index (χ1) is 35.5. The molecular formula is C54H91FN6O14S. The summed E-state index contributed by atoms with van der Waals surface area (Å²) in [7, 11) is 2.98. The van der Waals surface area contributed by atoms with Crippen molar-refractivity contribution in [3.05, 3.63) is 41.7 Å². The number of methoxy groups -OCH3 is 2. The molecule has 20 atom stereocenters. The first-order valence-electron chi connectivity index (χ1n) is 27.3. The maximum atomic E-state index is 14.9. The molecule has 0 bridgehead atoms. The summed E-state index contributed by atoms with van der Waals surface area (Å²) in [5.74, 6) is -3.34. The predicted octanol–water partition coefficient (Wildman–Crippen LogP) is 3.72. The van der Waals surface area contributed by atoms with Crippen molar-refractivity contribution < 1.29 is 71.6 Å². The molecule has 1 aromatic heterocycles. The fourth-order valence-electron chi connectivity index (χ4n) is 12.4. The van der Waals surface area contributed by atoms with E-state index in [0.29, 0.717) is 37.2 Å². The van der Waals surface area contributed by atoms with Crippen molar-refractivity contribution in [2.24, 2.45) is 23.7 Å². The summed E-state index contributed by atoms with van der Waals surface area (Å²) in [5, 5.41) is 68.9. The van der Waals surface area contributed by atoms with Crippen LogP contribution >= 0.6 is 0 Å². The molecule has 3 saturated heterocycles. The number of ether oxygens (including phenoxy) is 6. The summed E-state index contributed by atoms with van der Waals surface area (Å²) in [6, 6.07) is 4.12. The van der Waals surface area contributed by atoms with E-state index in [1.165, 1.54) is 38.0 Å². The van der Waals surface area contributed by atoms with Crippen LogP contribution < -0.4 is 4.72 Å². The first kappa shape index (κ1) is 62.4. The van der Waals surface area contributed by atoms with Gasteiger partial charge in [0.15, 0.2) is 6.29 Å². The second-order valence-corrected chi connectivity index (χ2v) is 25.3. The molecule has 76 heavy (non-hydrogen) atoms. The molecule has 6 rings (SSSR count). The highest BCUT2D eigenvalue weighted by Gasteiger charge is 2.55. The topological polar surface area (TPSA) is 257 Å². The van der Waals surface area contributed by atoms with Gasteiger partial charge in [-0.2, -0.15) is 0 Å². The molecule has 0 spiro atoms. The Hall–Kier alpha value is -2.81. The van der Waals surface area contributed by atoms with Crippen LogP contribution in [-0.2, 0) is 49.7 Å². The maximum absolute atomic E-state index is 14.9. The second kappa shape index (κ2) is 25.3. The van der Waals surface area contributed by atoms with E-state index in [-0.39, 0.29) is 36.1 Å². The van der Waals surface area contributed by atoms with Crippen LogP contribution in [0.4, 0.5) is 4.39 Å². The number of aliphatic hydroxyl groups is 5. The molecule has 4 heterocycles. The SMILES string of the molecule is CC[C@H]1OC(=O)[C@H](C)[C@@H](C2C[C@@](C)(OC)[C@@H](O)[C@H](C)O2)[C@H](C)[C@@H](O[C@@H]2O[C@H](C)C[C@H](N(C)CCc3cn([C@H](CF)[C@H](OC)c4ccc(S(=O)(=O)NC5CC5)cc4)nn3)[C@H]2O)[C@](C)(O)C[C@@H](C)CN(C)[C@H](C)[C@@H](O)[C@]1(C)O. The van der Waals surface area contributed by atoms with E-state index in [2.05, 4.69) is 15.0 Å². The lowest BCUT2D eigenvalue weighted by molar-refractivity contribution is -0.302. The molecule has 2 aromatic rings. The molecule has 1 saturated carbocycles. The molecule has 20 nitrogen and oxygen atoms in total. The second-order valence-electron chi connectivity index (χ2n) is 23.6. The Morgan fingerprint density at radius 2 is 1.64 bits per heavy atom. The summed E-state index contributed by atoms with van der Waals surface area (Å²) in [6.07, 6.45) is -5.16. The van der Waals surface area contributed by atoms with Crippen LogP contribution in [0.25, 0.3) is 0 Å². The number of carbonyl (C=O) groups is 1. The van der Waals surface area contributed by atoms with Gasteiger partial charge in [0.05, 0.1) is 52.1 Å². The van der Waals surface area contributed by atoms with Gasteiger partial charge in [-0.3, -0.25) is 4.79 Å². The third-order valence-electron chi connectivity index (χ3n) is 17.3. The van der Waals surface area contributed by atoms with Crippen molar-refractivity contribution in [3.63, 3.8) is 0 Å². The van der Waals surface area contributed by atoms with Gasteiger partial charge in [0.25, 0.3) is 0 Å². The highest BCUT2D eigenvalue weighted by molar-refractivity contribution is 7.89. The van der Waals surface area contributed by atoms with Crippen molar-refractivity contribution in [2.45, 2.75) is 221 Å². The van der Waals surface area contributed by atoms with Crippen LogP contribution in [-0.4, -0.2) is 203 Å². The number of nitrogens with one attached hydrogen (secondary N) is 1. The molecule has 1 unspecified atom stereocenters. The molecule has 22 heteroatoms. The van der Waals surface area contributed by atoms with E-state index in [9.17, 15) is 43.1 Å². The molecule has 4 fully saturated rings. The van der Waals surface area contributed by atoms with E-state index >= 15 is 0 Å². The Morgan fingerprint density at radius 3 is 2.24 bits per heavy atom. The monoisotopic (exact) mass is 1100 g/mol. The number of alkyl halides is 1. The average Bonchev–Trinajstić information content (AvgIpc) is 4.05. The number of carbonyl (C=O) groups excluding carboxylic acids is 1. The number of halogens is 1. The zero-order chi connectivity index (χ0) is 56.4. The van der Waals surface area contributed by atoms with Gasteiger partial charge in [0.1, 0.15) is 48.8 Å². The number of likely N-dealkylation sites (N-methyl/N-ethyl adjacent to an activating group) is 2. The number of esters is 1. The van der Waals surface area contributed by atoms with Gasteiger partial charge in [-0.15, -0.1) is 5.10 Å². The number of benzene rings is 1. The van der Waals surface area contributed by atoms with Gasteiger partial charge in [-0.25, -0.2) is 22.2 Å². The van der Waals surface area contributed by atoms with E-state index in [4.69, 9.17) is 28.4 Å². The Kier molecular flexibility index (Phi) is 20.8. The predicted molar refractivity (Wildman–Crippen MR) is 280 cm³/mol. The average molecular weight is 1100 g/mol. The van der Waals surface area contributed by atoms with Gasteiger partial charge < -0.3 is 63.8 Å². The summed E-state index contributed by atoms with van der Waals surface area (Å²) in [5.41, 5.74) is -3.44. The Morgan fingerprint density at radius 1 is 0.987 bits per heavy atom. The lowest BCUT2D eigenvalue weighted by Crippen LogP contribution is -2.62. The van der Waals surface area contributed by atoms with Crippen LogP contribution in [0.3, 0.4) is 0 Å². The maximum Gasteiger partial charge on any atom is 0.309 e. The number of hydrogen-bond donors (Lipinski definition) is 6. The zero-order valence-corrected chi connectivity index (χ0v) is 48.1. The summed E-state index contributed by atoms with van der Waals surface area (Å²) < 4.78 is 82.5. The minimum absolute atomic E-state index is 0.0493. The van der Waals surface area contributed by atoms with Crippen LogP contribution in [0.15, 0.2) is 35.4 Å². The first-order valence-corrected chi connectivity index (χ1v) is 28.7. The summed E-state index contributed by atoms with van der Waals surface area (Å²) in [6.45, 7) is 17.6. The van der Waals surface area contributed by atoms with Crippen molar-refractivity contribution in [1.82, 2.24) is 29.5 Å². The minimum atomic E-state index is -3.68. The Balaban J connectivity index is 1.26. The van der Waals surface area contributed by atoms with E-state index in [0.717, 1.165) is 12.8 Å². The van der Waals surface area contributed by atoms with Crippen LogP contribution in [0, 0.1) is 23.7 Å². The third-order valence-corrected chi connectivity index (χ3v) is 18.8. The van der Waals surface area contributed by atoms with Gasteiger partial charge in [-0.1, -0.05) is 45.0 Å².